The van der Waals surface area contributed by atoms with E-state index in [1.165, 1.54) is 24.6 Å². The van der Waals surface area contributed by atoms with Gasteiger partial charge in [-0.25, -0.2) is 13.4 Å². The van der Waals surface area contributed by atoms with Gasteiger partial charge in [0.2, 0.25) is 10.0 Å². The van der Waals surface area contributed by atoms with E-state index in [4.69, 9.17) is 9.72 Å². The minimum Gasteiger partial charge on any atom is -0.465 e. The molecule has 1 aromatic heterocycles. The molecule has 1 atom stereocenters. The number of aromatic nitrogens is 2. The predicted molar refractivity (Wildman–Crippen MR) is 126 cm³/mol. The number of sulfonamides is 1. The van der Waals surface area contributed by atoms with Crippen molar-refractivity contribution in [3.63, 3.8) is 0 Å². The summed E-state index contributed by atoms with van der Waals surface area (Å²) in [7, 11) is -3.50. The van der Waals surface area contributed by atoms with Crippen LogP contribution >= 0.6 is 11.8 Å². The maximum Gasteiger partial charge on any atom is 0.319 e. The van der Waals surface area contributed by atoms with Crippen molar-refractivity contribution in [3.05, 3.63) is 18.2 Å². The summed E-state index contributed by atoms with van der Waals surface area (Å²) in [6.07, 6.45) is 8.14. The molecule has 0 radical (unpaired) electrons. The van der Waals surface area contributed by atoms with E-state index in [2.05, 4.69) is 11.5 Å². The van der Waals surface area contributed by atoms with Gasteiger partial charge in [0.05, 0.1) is 22.5 Å². The summed E-state index contributed by atoms with van der Waals surface area (Å²) in [4.78, 5) is 17.5. The number of thioether (sulfide) groups is 1. The number of carbonyl (C=O) groups excluding carboxylic acids is 1. The van der Waals surface area contributed by atoms with E-state index in [1.54, 1.807) is 16.4 Å². The molecule has 2 heterocycles. The summed E-state index contributed by atoms with van der Waals surface area (Å²) in [5.41, 5.74) is 1.61. The molecule has 2 fully saturated rings. The van der Waals surface area contributed by atoms with Crippen LogP contribution in [0, 0.1) is 0 Å². The lowest BCUT2D eigenvalue weighted by molar-refractivity contribution is -0.142. The zero-order chi connectivity index (χ0) is 22.7. The second-order valence-electron chi connectivity index (χ2n) is 8.75. The number of rotatable bonds is 9. The third-order valence-corrected chi connectivity index (χ3v) is 9.32. The molecule has 2 aromatic rings. The Bertz CT molecular complexity index is 1050. The largest absolute Gasteiger partial charge is 0.465 e. The number of fused-ring (bicyclic) bond motifs is 1. The van der Waals surface area contributed by atoms with Gasteiger partial charge < -0.3 is 9.30 Å². The second-order valence-corrected chi connectivity index (χ2v) is 12.0. The van der Waals surface area contributed by atoms with Crippen molar-refractivity contribution < 1.29 is 17.9 Å². The Morgan fingerprint density at radius 2 is 1.94 bits per heavy atom. The number of carbonyl (C=O) groups is 1. The summed E-state index contributed by atoms with van der Waals surface area (Å²) in [6.45, 7) is 5.51. The fraction of sp³-hybridized carbons (Fsp3) is 0.652. The molecule has 1 aliphatic heterocycles. The molecule has 2 aliphatic rings. The molecule has 0 amide bonds. The number of ether oxygens (including phenoxy) is 1. The van der Waals surface area contributed by atoms with Crippen LogP contribution in [-0.4, -0.2) is 53.2 Å². The highest BCUT2D eigenvalue weighted by atomic mass is 32.2. The predicted octanol–water partition coefficient (Wildman–Crippen LogP) is 4.76. The quantitative estimate of drug-likeness (QED) is 0.293. The van der Waals surface area contributed by atoms with E-state index in [-0.39, 0.29) is 11.2 Å². The van der Waals surface area contributed by atoms with Crippen LogP contribution in [0.5, 0.6) is 0 Å². The summed E-state index contributed by atoms with van der Waals surface area (Å²) in [5, 5.41) is 0.388. The lowest BCUT2D eigenvalue weighted by Crippen LogP contribution is -2.27. The lowest BCUT2D eigenvalue weighted by Gasteiger charge is -2.18. The molecular weight excluding hydrogens is 446 g/mol. The standard InChI is InChI=1S/C23H33N3O4S2/c1-3-4-15-30-22(27)17(2)31-23-24-20-16-19(32(28,29)25-13-7-8-14-25)11-12-21(20)26(23)18-9-5-6-10-18/h11-12,16-18H,3-10,13-15H2,1-2H3/t17-/m1/s1. The fourth-order valence-electron chi connectivity index (χ4n) is 4.53. The highest BCUT2D eigenvalue weighted by Crippen LogP contribution is 2.38. The number of unbranched alkanes of at least 4 members (excludes halogenated alkanes) is 1. The van der Waals surface area contributed by atoms with Crippen LogP contribution < -0.4 is 0 Å². The van der Waals surface area contributed by atoms with Gasteiger partial charge in [-0.1, -0.05) is 37.9 Å². The van der Waals surface area contributed by atoms with Crippen molar-refractivity contribution in [2.75, 3.05) is 19.7 Å². The van der Waals surface area contributed by atoms with Gasteiger partial charge in [0, 0.05) is 19.1 Å². The molecule has 0 N–H and O–H groups in total. The molecule has 1 aliphatic carbocycles. The van der Waals surface area contributed by atoms with Crippen molar-refractivity contribution >= 4 is 38.8 Å². The molecule has 9 heteroatoms. The highest BCUT2D eigenvalue weighted by Gasteiger charge is 2.30. The van der Waals surface area contributed by atoms with Crippen molar-refractivity contribution in [2.24, 2.45) is 0 Å². The SMILES string of the molecule is CCCCOC(=O)[C@@H](C)Sc1nc2cc(S(=O)(=O)N3CCCC3)ccc2n1C1CCCC1. The topological polar surface area (TPSA) is 81.5 Å². The first kappa shape index (κ1) is 23.6. The maximum atomic E-state index is 13.0. The third-order valence-electron chi connectivity index (χ3n) is 6.38. The average Bonchev–Trinajstić information content (AvgIpc) is 3.53. The van der Waals surface area contributed by atoms with Gasteiger partial charge in [-0.05, 0) is 57.2 Å². The fourth-order valence-corrected chi connectivity index (χ4v) is 7.06. The number of nitrogens with zero attached hydrogens (tertiary/aromatic N) is 3. The Morgan fingerprint density at radius 1 is 1.22 bits per heavy atom. The first-order valence-corrected chi connectivity index (χ1v) is 14.1. The maximum absolute atomic E-state index is 13.0. The molecule has 1 saturated carbocycles. The first-order valence-electron chi connectivity index (χ1n) is 11.8. The molecule has 176 valence electrons. The Morgan fingerprint density at radius 3 is 2.62 bits per heavy atom. The summed E-state index contributed by atoms with van der Waals surface area (Å²) < 4.78 is 35.3. The van der Waals surface area contributed by atoms with Crippen molar-refractivity contribution in [1.82, 2.24) is 13.9 Å². The van der Waals surface area contributed by atoms with E-state index in [9.17, 15) is 13.2 Å². The normalized spacial score (nSPS) is 19.1. The number of hydrogen-bond donors (Lipinski definition) is 0. The van der Waals surface area contributed by atoms with Gasteiger partial charge in [0.1, 0.15) is 5.25 Å². The van der Waals surface area contributed by atoms with Gasteiger partial charge >= 0.3 is 5.97 Å². The van der Waals surface area contributed by atoms with E-state index in [0.717, 1.165) is 49.2 Å². The number of imidazole rings is 1. The Balaban J connectivity index is 1.65. The smallest absolute Gasteiger partial charge is 0.319 e. The average molecular weight is 480 g/mol. The minimum absolute atomic E-state index is 0.231. The molecule has 0 unspecified atom stereocenters. The zero-order valence-electron chi connectivity index (χ0n) is 19.0. The van der Waals surface area contributed by atoms with Crippen molar-refractivity contribution in [3.8, 4) is 0 Å². The molecule has 32 heavy (non-hydrogen) atoms. The van der Waals surface area contributed by atoms with Gasteiger partial charge in [0.25, 0.3) is 0 Å². The number of hydrogen-bond acceptors (Lipinski definition) is 6. The second kappa shape index (κ2) is 10.1. The van der Waals surface area contributed by atoms with E-state index in [1.807, 2.05) is 13.0 Å². The van der Waals surface area contributed by atoms with Crippen LogP contribution in [-0.2, 0) is 19.6 Å². The number of esters is 1. The summed E-state index contributed by atoms with van der Waals surface area (Å²) in [6, 6.07) is 5.62. The van der Waals surface area contributed by atoms with Crippen LogP contribution in [0.4, 0.5) is 0 Å². The Labute approximate surface area is 194 Å². The van der Waals surface area contributed by atoms with Gasteiger partial charge in [-0.2, -0.15) is 4.31 Å². The molecule has 0 spiro atoms. The first-order chi connectivity index (χ1) is 15.4. The van der Waals surface area contributed by atoms with Crippen LogP contribution in [0.25, 0.3) is 11.0 Å². The van der Waals surface area contributed by atoms with Gasteiger partial charge in [0.15, 0.2) is 5.16 Å². The van der Waals surface area contributed by atoms with Crippen LogP contribution in [0.1, 0.15) is 71.3 Å². The van der Waals surface area contributed by atoms with E-state index < -0.39 is 10.0 Å². The lowest BCUT2D eigenvalue weighted by atomic mass is 10.2. The molecule has 7 nitrogen and oxygen atoms in total. The Kier molecular flexibility index (Phi) is 7.47. The van der Waals surface area contributed by atoms with Crippen molar-refractivity contribution in [1.29, 1.82) is 0 Å². The highest BCUT2D eigenvalue weighted by molar-refractivity contribution is 8.00. The van der Waals surface area contributed by atoms with Crippen LogP contribution in [0.2, 0.25) is 0 Å². The van der Waals surface area contributed by atoms with Crippen molar-refractivity contribution in [2.45, 2.75) is 86.6 Å². The molecule has 1 aromatic carbocycles. The molecule has 1 saturated heterocycles. The molecular formula is C23H33N3O4S2. The van der Waals surface area contributed by atoms with E-state index in [0.29, 0.717) is 36.2 Å². The third kappa shape index (κ3) is 4.84. The van der Waals surface area contributed by atoms with Gasteiger partial charge in [-0.15, -0.1) is 0 Å². The number of benzene rings is 1. The van der Waals surface area contributed by atoms with E-state index >= 15 is 0 Å². The summed E-state index contributed by atoms with van der Waals surface area (Å²) >= 11 is 1.41. The minimum atomic E-state index is -3.50. The zero-order valence-corrected chi connectivity index (χ0v) is 20.6. The molecule has 4 rings (SSSR count). The monoisotopic (exact) mass is 479 g/mol. The van der Waals surface area contributed by atoms with Gasteiger partial charge in [-0.3, -0.25) is 4.79 Å². The Hall–Kier alpha value is -1.58. The molecule has 0 bridgehead atoms. The summed E-state index contributed by atoms with van der Waals surface area (Å²) in [5.74, 6) is -0.231. The van der Waals surface area contributed by atoms with Crippen LogP contribution in [0.3, 0.4) is 0 Å². The van der Waals surface area contributed by atoms with Crippen LogP contribution in [0.15, 0.2) is 28.3 Å².